The molecule has 0 fully saturated rings. The van der Waals surface area contributed by atoms with Gasteiger partial charge >= 0.3 is 0 Å². The van der Waals surface area contributed by atoms with Gasteiger partial charge in [-0.1, -0.05) is 12.1 Å². The van der Waals surface area contributed by atoms with Gasteiger partial charge in [0.1, 0.15) is 11.9 Å². The third-order valence-electron chi connectivity index (χ3n) is 3.22. The number of rotatable bonds is 9. The second-order valence-corrected chi connectivity index (χ2v) is 4.75. The molecule has 1 aromatic rings. The maximum Gasteiger partial charge on any atom is 0.242 e. The van der Waals surface area contributed by atoms with Crippen molar-refractivity contribution in [2.24, 2.45) is 5.73 Å². The Morgan fingerprint density at radius 1 is 1.48 bits per heavy atom. The molecule has 21 heavy (non-hydrogen) atoms. The average Bonchev–Trinajstić information content (AvgIpc) is 2.49. The van der Waals surface area contributed by atoms with Gasteiger partial charge < -0.3 is 20.7 Å². The first-order valence-corrected chi connectivity index (χ1v) is 7.09. The quantitative estimate of drug-likeness (QED) is 0.671. The van der Waals surface area contributed by atoms with Gasteiger partial charge in [-0.25, -0.2) is 4.39 Å². The lowest BCUT2D eigenvalue weighted by atomic mass is 10.2. The summed E-state index contributed by atoms with van der Waals surface area (Å²) >= 11 is 0. The molecule has 1 unspecified atom stereocenters. The van der Waals surface area contributed by atoms with E-state index in [1.54, 1.807) is 37.1 Å². The highest BCUT2D eigenvalue weighted by Gasteiger charge is 2.23. The Morgan fingerprint density at radius 3 is 2.81 bits per heavy atom. The number of methoxy groups -OCH3 is 1. The minimum Gasteiger partial charge on any atom is -0.383 e. The molecule has 1 aromatic carbocycles. The van der Waals surface area contributed by atoms with Crippen LogP contribution in [0.4, 0.5) is 10.1 Å². The summed E-state index contributed by atoms with van der Waals surface area (Å²) in [7, 11) is 1.57. The minimum atomic E-state index is -0.481. The maximum absolute atomic E-state index is 14.0. The lowest BCUT2D eigenvalue weighted by Crippen LogP contribution is -2.47. The Kier molecular flexibility index (Phi) is 7.71. The first-order valence-electron chi connectivity index (χ1n) is 7.09. The van der Waals surface area contributed by atoms with E-state index in [9.17, 15) is 9.18 Å². The number of halogens is 1. The summed E-state index contributed by atoms with van der Waals surface area (Å²) in [5, 5.41) is 2.77. The van der Waals surface area contributed by atoms with Crippen LogP contribution in [0.25, 0.3) is 0 Å². The van der Waals surface area contributed by atoms with Gasteiger partial charge in [0.05, 0.1) is 12.3 Å². The molecule has 118 valence electrons. The molecule has 0 radical (unpaired) electrons. The highest BCUT2D eigenvalue weighted by atomic mass is 19.1. The summed E-state index contributed by atoms with van der Waals surface area (Å²) in [6.45, 7) is 3.65. The molecule has 0 spiro atoms. The largest absolute Gasteiger partial charge is 0.383 e. The third kappa shape index (κ3) is 5.32. The lowest BCUT2D eigenvalue weighted by Gasteiger charge is -2.30. The number of benzene rings is 1. The molecule has 3 N–H and O–H groups in total. The van der Waals surface area contributed by atoms with Crippen LogP contribution in [0.15, 0.2) is 24.3 Å². The van der Waals surface area contributed by atoms with Gasteiger partial charge in [-0.05, 0) is 32.0 Å². The van der Waals surface area contributed by atoms with E-state index in [0.29, 0.717) is 38.3 Å². The van der Waals surface area contributed by atoms with Crippen molar-refractivity contribution in [2.75, 3.05) is 38.3 Å². The fourth-order valence-electron chi connectivity index (χ4n) is 2.03. The molecule has 0 aliphatic carbocycles. The molecule has 0 saturated heterocycles. The van der Waals surface area contributed by atoms with Crippen LogP contribution in [-0.2, 0) is 9.53 Å². The number of anilines is 1. The van der Waals surface area contributed by atoms with Crippen LogP contribution < -0.4 is 16.0 Å². The van der Waals surface area contributed by atoms with Crippen LogP contribution in [0.1, 0.15) is 13.3 Å². The zero-order chi connectivity index (χ0) is 15.7. The smallest absolute Gasteiger partial charge is 0.242 e. The number of carbonyl (C=O) groups excluding carboxylic acids is 1. The molecule has 6 heteroatoms. The molecule has 0 aliphatic rings. The van der Waals surface area contributed by atoms with Crippen molar-refractivity contribution in [3.05, 3.63) is 30.1 Å². The standard InChI is InChI=1S/C15H24FN3O2/c1-12(15(20)18-9-11-21-2)19(10-5-8-17)14-7-4-3-6-13(14)16/h3-4,6-7,12H,5,8-11,17H2,1-2H3,(H,18,20). The Hall–Kier alpha value is -1.66. The van der Waals surface area contributed by atoms with E-state index in [-0.39, 0.29) is 11.7 Å². The van der Waals surface area contributed by atoms with Crippen LogP contribution in [0.3, 0.4) is 0 Å². The van der Waals surface area contributed by atoms with Crippen LogP contribution in [0.2, 0.25) is 0 Å². The topological polar surface area (TPSA) is 67.6 Å². The highest BCUT2D eigenvalue weighted by molar-refractivity contribution is 5.84. The zero-order valence-corrected chi connectivity index (χ0v) is 12.6. The molecule has 1 atom stereocenters. The molecule has 0 saturated carbocycles. The Labute approximate surface area is 125 Å². The molecular formula is C15H24FN3O2. The van der Waals surface area contributed by atoms with E-state index in [2.05, 4.69) is 5.32 Å². The third-order valence-corrected chi connectivity index (χ3v) is 3.22. The van der Waals surface area contributed by atoms with E-state index in [0.717, 1.165) is 0 Å². The number of para-hydroxylation sites is 1. The lowest BCUT2D eigenvalue weighted by molar-refractivity contribution is -0.122. The van der Waals surface area contributed by atoms with E-state index in [4.69, 9.17) is 10.5 Å². The van der Waals surface area contributed by atoms with Crippen molar-refractivity contribution in [3.63, 3.8) is 0 Å². The number of nitrogens with zero attached hydrogens (tertiary/aromatic N) is 1. The molecule has 0 aromatic heterocycles. The number of hydrogen-bond donors (Lipinski definition) is 2. The van der Waals surface area contributed by atoms with Crippen molar-refractivity contribution in [3.8, 4) is 0 Å². The van der Waals surface area contributed by atoms with E-state index in [1.165, 1.54) is 6.07 Å². The SMILES string of the molecule is COCCNC(=O)C(C)N(CCCN)c1ccccc1F. The first-order chi connectivity index (χ1) is 10.1. The summed E-state index contributed by atoms with van der Waals surface area (Å²) in [5.41, 5.74) is 5.95. The van der Waals surface area contributed by atoms with Gasteiger partial charge in [-0.3, -0.25) is 4.79 Å². The van der Waals surface area contributed by atoms with Crippen molar-refractivity contribution in [2.45, 2.75) is 19.4 Å². The molecule has 1 rings (SSSR count). The number of amides is 1. The number of hydrogen-bond acceptors (Lipinski definition) is 4. The fraction of sp³-hybridized carbons (Fsp3) is 0.533. The minimum absolute atomic E-state index is 0.160. The summed E-state index contributed by atoms with van der Waals surface area (Å²) in [6, 6.07) is 5.96. The zero-order valence-electron chi connectivity index (χ0n) is 12.6. The van der Waals surface area contributed by atoms with Crippen molar-refractivity contribution in [1.82, 2.24) is 5.32 Å². The van der Waals surface area contributed by atoms with Gasteiger partial charge in [-0.15, -0.1) is 0 Å². The second-order valence-electron chi connectivity index (χ2n) is 4.75. The first kappa shape index (κ1) is 17.4. The summed E-state index contributed by atoms with van der Waals surface area (Å²) in [5.74, 6) is -0.501. The molecule has 0 aliphatic heterocycles. The predicted molar refractivity (Wildman–Crippen MR) is 81.8 cm³/mol. The normalized spacial score (nSPS) is 12.0. The molecular weight excluding hydrogens is 273 g/mol. The van der Waals surface area contributed by atoms with Crippen molar-refractivity contribution in [1.29, 1.82) is 0 Å². The van der Waals surface area contributed by atoms with E-state index in [1.807, 2.05) is 0 Å². The van der Waals surface area contributed by atoms with Crippen molar-refractivity contribution >= 4 is 11.6 Å². The van der Waals surface area contributed by atoms with E-state index >= 15 is 0 Å². The van der Waals surface area contributed by atoms with Crippen LogP contribution in [0, 0.1) is 5.82 Å². The van der Waals surface area contributed by atoms with Gasteiger partial charge in [0.2, 0.25) is 5.91 Å². The Balaban J connectivity index is 2.81. The fourth-order valence-corrected chi connectivity index (χ4v) is 2.03. The molecule has 1 amide bonds. The van der Waals surface area contributed by atoms with Gasteiger partial charge in [-0.2, -0.15) is 0 Å². The van der Waals surface area contributed by atoms with Crippen LogP contribution in [-0.4, -0.2) is 45.3 Å². The number of ether oxygens (including phenoxy) is 1. The predicted octanol–water partition coefficient (Wildman–Crippen LogP) is 1.13. The molecule has 5 nitrogen and oxygen atoms in total. The molecule has 0 bridgehead atoms. The van der Waals surface area contributed by atoms with Gasteiger partial charge in [0.15, 0.2) is 0 Å². The second kappa shape index (κ2) is 9.31. The Morgan fingerprint density at radius 2 is 2.19 bits per heavy atom. The summed E-state index contributed by atoms with van der Waals surface area (Å²) < 4.78 is 18.9. The van der Waals surface area contributed by atoms with E-state index < -0.39 is 6.04 Å². The van der Waals surface area contributed by atoms with Crippen LogP contribution >= 0.6 is 0 Å². The molecule has 0 heterocycles. The highest BCUT2D eigenvalue weighted by Crippen LogP contribution is 2.21. The number of nitrogens with two attached hydrogens (primary N) is 1. The van der Waals surface area contributed by atoms with Gasteiger partial charge in [0.25, 0.3) is 0 Å². The number of nitrogens with one attached hydrogen (secondary N) is 1. The van der Waals surface area contributed by atoms with Gasteiger partial charge in [0, 0.05) is 20.2 Å². The summed E-state index contributed by atoms with van der Waals surface area (Å²) in [6.07, 6.45) is 0.685. The Bertz CT molecular complexity index is 443. The van der Waals surface area contributed by atoms with Crippen molar-refractivity contribution < 1.29 is 13.9 Å². The monoisotopic (exact) mass is 297 g/mol. The maximum atomic E-state index is 14.0. The average molecular weight is 297 g/mol. The summed E-state index contributed by atoms with van der Waals surface area (Å²) in [4.78, 5) is 13.9. The van der Waals surface area contributed by atoms with Crippen LogP contribution in [0.5, 0.6) is 0 Å². The number of carbonyl (C=O) groups is 1.